The average molecular weight is 556 g/mol. The van der Waals surface area contributed by atoms with Gasteiger partial charge < -0.3 is 59.6 Å². The van der Waals surface area contributed by atoms with Gasteiger partial charge in [0.25, 0.3) is 0 Å². The summed E-state index contributed by atoms with van der Waals surface area (Å²) >= 11 is 0. The minimum Gasteiger partial charge on any atom is -0.478 e. The second-order valence-corrected chi connectivity index (χ2v) is 9.10. The fourth-order valence-corrected chi connectivity index (χ4v) is 4.43. The van der Waals surface area contributed by atoms with E-state index in [0.29, 0.717) is 5.57 Å². The Morgan fingerprint density at radius 1 is 1.23 bits per heavy atom. The van der Waals surface area contributed by atoms with Crippen LogP contribution in [0, 0.1) is 11.8 Å². The summed E-state index contributed by atoms with van der Waals surface area (Å²) in [6, 6.07) is 0. The maximum absolute atomic E-state index is 12.5. The van der Waals surface area contributed by atoms with E-state index in [1.165, 1.54) is 25.5 Å². The summed E-state index contributed by atoms with van der Waals surface area (Å²) in [4.78, 5) is 25.7. The van der Waals surface area contributed by atoms with Gasteiger partial charge in [-0.2, -0.15) is 0 Å². The average Bonchev–Trinajstić information content (AvgIpc) is 2.91. The molecule has 3 heterocycles. The number of β-amino-alcohol motifs (C(OH)–C–C–N with tert-alkyl or cyclic N) is 1. The number of nitrogens with zero attached hydrogens (tertiary/aromatic N) is 1. The van der Waals surface area contributed by atoms with Crippen molar-refractivity contribution in [2.24, 2.45) is 11.8 Å². The number of allylic oxidation sites excluding steroid dienone is 1. The van der Waals surface area contributed by atoms with Crippen LogP contribution >= 0.6 is 0 Å². The van der Waals surface area contributed by atoms with Gasteiger partial charge in [-0.1, -0.05) is 18.2 Å². The normalized spacial score (nSPS) is 32.5. The second kappa shape index (κ2) is 12.8. The van der Waals surface area contributed by atoms with Crippen molar-refractivity contribution in [3.63, 3.8) is 0 Å². The third-order valence-electron chi connectivity index (χ3n) is 6.55. The van der Waals surface area contributed by atoms with Gasteiger partial charge in [0.1, 0.15) is 12.2 Å². The first-order valence-electron chi connectivity index (χ1n) is 12.0. The van der Waals surface area contributed by atoms with Crippen LogP contribution in [0.2, 0.25) is 0 Å². The number of rotatable bonds is 10. The van der Waals surface area contributed by atoms with E-state index in [1.54, 1.807) is 17.1 Å². The highest BCUT2D eigenvalue weighted by Crippen LogP contribution is 2.37. The number of hydrogen-bond acceptors (Lipinski definition) is 13. The molecule has 0 aromatic rings. The van der Waals surface area contributed by atoms with Crippen LogP contribution < -0.4 is 0 Å². The van der Waals surface area contributed by atoms with E-state index < -0.39 is 67.1 Å². The number of aliphatic hydroxyl groups is 6. The lowest BCUT2D eigenvalue weighted by Gasteiger charge is -2.46. The molecule has 0 aromatic carbocycles. The van der Waals surface area contributed by atoms with Crippen LogP contribution in [0.15, 0.2) is 60.1 Å². The van der Waals surface area contributed by atoms with Crippen LogP contribution in [0.1, 0.15) is 0 Å². The molecule has 14 heteroatoms. The van der Waals surface area contributed by atoms with Crippen LogP contribution in [0.25, 0.3) is 0 Å². The van der Waals surface area contributed by atoms with E-state index in [0.717, 1.165) is 6.26 Å². The minimum absolute atomic E-state index is 0.00732. The molecule has 14 nitrogen and oxygen atoms in total. The molecular formula is C25H33NO13. The molecule has 0 bridgehead atoms. The summed E-state index contributed by atoms with van der Waals surface area (Å²) in [7, 11) is 1.17. The molecule has 216 valence electrons. The molecule has 3 aliphatic rings. The maximum Gasteiger partial charge on any atom is 0.337 e. The van der Waals surface area contributed by atoms with Crippen LogP contribution in [0.4, 0.5) is 0 Å². The van der Waals surface area contributed by atoms with Crippen LogP contribution in [0.3, 0.4) is 0 Å². The molecule has 0 unspecified atom stereocenters. The summed E-state index contributed by atoms with van der Waals surface area (Å²) in [6.07, 6.45) is -0.306. The first-order chi connectivity index (χ1) is 18.5. The molecule has 0 aromatic heterocycles. The minimum atomic E-state index is -3.08. The molecule has 0 aliphatic carbocycles. The molecule has 0 radical (unpaired) electrons. The molecule has 3 rings (SSSR count). The molecule has 7 atom stereocenters. The predicted molar refractivity (Wildman–Crippen MR) is 130 cm³/mol. The fourth-order valence-electron chi connectivity index (χ4n) is 4.43. The first kappa shape index (κ1) is 30.5. The van der Waals surface area contributed by atoms with E-state index in [1.807, 2.05) is 0 Å². The highest BCUT2D eigenvalue weighted by Gasteiger charge is 2.56. The largest absolute Gasteiger partial charge is 0.478 e. The Morgan fingerprint density at radius 3 is 2.54 bits per heavy atom. The van der Waals surface area contributed by atoms with Crippen molar-refractivity contribution < 1.29 is 64.3 Å². The Hall–Kier alpha value is -3.08. The topological polar surface area (TPSA) is 216 Å². The number of methoxy groups -OCH3 is 1. The summed E-state index contributed by atoms with van der Waals surface area (Å²) in [5.41, 5.74) is 0.603. The third kappa shape index (κ3) is 6.57. The van der Waals surface area contributed by atoms with E-state index in [2.05, 4.69) is 6.58 Å². The second-order valence-electron chi connectivity index (χ2n) is 9.10. The molecule has 3 aliphatic heterocycles. The number of ether oxygens (including phenoxy) is 4. The summed E-state index contributed by atoms with van der Waals surface area (Å²) < 4.78 is 21.4. The van der Waals surface area contributed by atoms with Crippen LogP contribution in [0.5, 0.6) is 0 Å². The van der Waals surface area contributed by atoms with E-state index in [-0.39, 0.29) is 30.8 Å². The molecule has 0 spiro atoms. The van der Waals surface area contributed by atoms with Crippen LogP contribution in [-0.4, -0.2) is 123 Å². The third-order valence-corrected chi connectivity index (χ3v) is 6.55. The number of carboxylic acids is 1. The van der Waals surface area contributed by atoms with Crippen molar-refractivity contribution in [2.45, 2.75) is 36.7 Å². The van der Waals surface area contributed by atoms with Gasteiger partial charge in [0, 0.05) is 25.2 Å². The van der Waals surface area contributed by atoms with Gasteiger partial charge in [0.2, 0.25) is 12.1 Å². The van der Waals surface area contributed by atoms with Crippen molar-refractivity contribution in [2.75, 3.05) is 33.4 Å². The quantitative estimate of drug-likeness (QED) is 0.0858. The highest BCUT2D eigenvalue weighted by atomic mass is 16.8. The standard InChI is InChI=1S/C25H33NO13/c1-3-15-16(5-4-13-8-14(21(31)32)10-26(9-13)6-7-27)17(22(33)36-2)12-37-23(15)39-24-20(30)25(34,35)19(29)18(11-28)38-24/h3-5,8,10,12,15-16,18-20,23-24,27-30,34-35H,1,6-7,9,11H2,2H3,(H,31,32)/b5-4+/t15-,16+,18-,19-,20+,23+,24+/m1/s1. The van der Waals surface area contributed by atoms with E-state index in [4.69, 9.17) is 18.9 Å². The molecular weight excluding hydrogens is 522 g/mol. The molecule has 1 fully saturated rings. The Morgan fingerprint density at radius 2 is 1.95 bits per heavy atom. The molecule has 1 saturated heterocycles. The van der Waals surface area contributed by atoms with Crippen molar-refractivity contribution in [3.05, 3.63) is 60.1 Å². The monoisotopic (exact) mass is 555 g/mol. The smallest absolute Gasteiger partial charge is 0.337 e. The lowest BCUT2D eigenvalue weighted by molar-refractivity contribution is -0.404. The molecule has 7 N–H and O–H groups in total. The van der Waals surface area contributed by atoms with E-state index in [9.17, 15) is 45.3 Å². The molecule has 39 heavy (non-hydrogen) atoms. The van der Waals surface area contributed by atoms with Gasteiger partial charge in [-0.05, 0) is 11.6 Å². The van der Waals surface area contributed by atoms with Gasteiger partial charge in [-0.3, -0.25) is 0 Å². The lowest BCUT2D eigenvalue weighted by atomic mass is 9.83. The zero-order valence-electron chi connectivity index (χ0n) is 21.1. The predicted octanol–water partition coefficient (Wildman–Crippen LogP) is -2.29. The Bertz CT molecular complexity index is 1050. The number of carbonyl (C=O) groups is 2. The fraction of sp³-hybridized carbons (Fsp3) is 0.520. The van der Waals surface area contributed by atoms with Crippen LogP contribution in [-0.2, 0) is 28.5 Å². The Kier molecular flexibility index (Phi) is 10.0. The van der Waals surface area contributed by atoms with Gasteiger partial charge in [0.15, 0.2) is 12.4 Å². The zero-order valence-corrected chi connectivity index (χ0v) is 21.1. The van der Waals surface area contributed by atoms with Gasteiger partial charge >= 0.3 is 11.9 Å². The number of hydrogen-bond donors (Lipinski definition) is 7. The van der Waals surface area contributed by atoms with Crippen molar-refractivity contribution in [1.29, 1.82) is 0 Å². The highest BCUT2D eigenvalue weighted by molar-refractivity contribution is 5.90. The van der Waals surface area contributed by atoms with Gasteiger partial charge in [-0.15, -0.1) is 6.58 Å². The first-order valence-corrected chi connectivity index (χ1v) is 12.0. The number of carbonyl (C=O) groups excluding carboxylic acids is 1. The number of esters is 1. The summed E-state index contributed by atoms with van der Waals surface area (Å²) in [6.45, 7) is 3.22. The molecule has 0 amide bonds. The summed E-state index contributed by atoms with van der Waals surface area (Å²) in [5.74, 6) is -6.64. The van der Waals surface area contributed by atoms with Crippen molar-refractivity contribution >= 4 is 11.9 Å². The SMILES string of the molecule is C=C[C@H]1[C@H](O[C@@H]2O[C@H](CO)[C@@H](O)C(O)(O)[C@H]2O)OC=C(C(=O)OC)[C@H]1/C=C/C1=CC(C(=O)O)=CN(CCO)C1. The lowest BCUT2D eigenvalue weighted by Crippen LogP contribution is -2.68. The van der Waals surface area contributed by atoms with E-state index >= 15 is 0 Å². The number of aliphatic hydroxyl groups excluding tert-OH is 4. The zero-order chi connectivity index (χ0) is 28.9. The number of aliphatic carboxylic acids is 1. The van der Waals surface area contributed by atoms with Gasteiger partial charge in [0.05, 0.1) is 43.6 Å². The Balaban J connectivity index is 1.90. The number of carboxylic acid groups (broad SMARTS) is 1. The van der Waals surface area contributed by atoms with Gasteiger partial charge in [-0.25, -0.2) is 9.59 Å². The Labute approximate surface area is 223 Å². The van der Waals surface area contributed by atoms with Crippen molar-refractivity contribution in [3.8, 4) is 0 Å². The van der Waals surface area contributed by atoms with Crippen molar-refractivity contribution in [1.82, 2.24) is 4.90 Å². The maximum atomic E-state index is 12.5. The summed E-state index contributed by atoms with van der Waals surface area (Å²) in [5, 5.41) is 68.8. The molecule has 0 saturated carbocycles.